The molecule has 1 amide bonds. The Kier molecular flexibility index (Phi) is 3.58. The molecular weight excluding hydrogens is 236 g/mol. The van der Waals surface area contributed by atoms with Crippen molar-refractivity contribution in [2.75, 3.05) is 19.7 Å². The van der Waals surface area contributed by atoms with Gasteiger partial charge >= 0.3 is 6.09 Å². The predicted octanol–water partition coefficient (Wildman–Crippen LogP) is 1.51. The SMILES string of the molecule is NC(=S)C(CN1CCOC1=O)c1ccccc1. The van der Waals surface area contributed by atoms with Crippen LogP contribution in [0.1, 0.15) is 11.5 Å². The Bertz CT molecular complexity index is 422. The van der Waals surface area contributed by atoms with Crippen molar-refractivity contribution in [3.8, 4) is 0 Å². The van der Waals surface area contributed by atoms with E-state index < -0.39 is 0 Å². The summed E-state index contributed by atoms with van der Waals surface area (Å²) in [5, 5.41) is 0. The Morgan fingerprint density at radius 1 is 1.47 bits per heavy atom. The van der Waals surface area contributed by atoms with Crippen LogP contribution in [0, 0.1) is 0 Å². The number of amides is 1. The molecule has 1 aromatic rings. The lowest BCUT2D eigenvalue weighted by atomic mass is 9.99. The highest BCUT2D eigenvalue weighted by Gasteiger charge is 2.26. The van der Waals surface area contributed by atoms with Crippen molar-refractivity contribution >= 4 is 23.3 Å². The Morgan fingerprint density at radius 3 is 2.71 bits per heavy atom. The summed E-state index contributed by atoms with van der Waals surface area (Å²) in [6, 6.07) is 9.73. The van der Waals surface area contributed by atoms with Gasteiger partial charge in [0.1, 0.15) is 6.61 Å². The van der Waals surface area contributed by atoms with Crippen LogP contribution in [-0.4, -0.2) is 35.7 Å². The van der Waals surface area contributed by atoms with Crippen molar-refractivity contribution in [2.45, 2.75) is 5.92 Å². The third-order valence-electron chi connectivity index (χ3n) is 2.79. The summed E-state index contributed by atoms with van der Waals surface area (Å²) < 4.78 is 4.88. The standard InChI is InChI=1S/C12H14N2O2S/c13-11(17)10(9-4-2-1-3-5-9)8-14-6-7-16-12(14)15/h1-5,10H,6-8H2,(H2,13,17). The molecule has 1 saturated heterocycles. The second-order valence-corrected chi connectivity index (χ2v) is 4.40. The molecule has 0 aliphatic carbocycles. The van der Waals surface area contributed by atoms with Crippen LogP contribution in [0.3, 0.4) is 0 Å². The fraction of sp³-hybridized carbons (Fsp3) is 0.333. The minimum atomic E-state index is -0.290. The first-order valence-electron chi connectivity index (χ1n) is 5.44. The second-order valence-electron chi connectivity index (χ2n) is 3.93. The van der Waals surface area contributed by atoms with Gasteiger partial charge in [-0.1, -0.05) is 42.5 Å². The lowest BCUT2D eigenvalue weighted by Crippen LogP contribution is -2.34. The first kappa shape index (κ1) is 11.9. The number of hydrogen-bond donors (Lipinski definition) is 1. The average molecular weight is 250 g/mol. The number of carbonyl (C=O) groups excluding carboxylic acids is 1. The number of benzene rings is 1. The Balaban J connectivity index is 2.13. The van der Waals surface area contributed by atoms with Crippen LogP contribution in [0.2, 0.25) is 0 Å². The van der Waals surface area contributed by atoms with Gasteiger partial charge in [-0.05, 0) is 5.56 Å². The second kappa shape index (κ2) is 5.14. The monoisotopic (exact) mass is 250 g/mol. The minimum Gasteiger partial charge on any atom is -0.448 e. The van der Waals surface area contributed by atoms with Gasteiger partial charge in [-0.25, -0.2) is 4.79 Å². The van der Waals surface area contributed by atoms with Crippen molar-refractivity contribution in [3.63, 3.8) is 0 Å². The molecule has 0 aromatic heterocycles. The van der Waals surface area contributed by atoms with Gasteiger partial charge in [0.05, 0.1) is 17.5 Å². The minimum absolute atomic E-state index is 0.114. The van der Waals surface area contributed by atoms with Crippen LogP contribution >= 0.6 is 12.2 Å². The summed E-state index contributed by atoms with van der Waals surface area (Å²) in [7, 11) is 0. The van der Waals surface area contributed by atoms with E-state index in [2.05, 4.69) is 0 Å². The number of nitrogens with zero attached hydrogens (tertiary/aromatic N) is 1. The van der Waals surface area contributed by atoms with E-state index in [0.29, 0.717) is 24.7 Å². The van der Waals surface area contributed by atoms with Crippen molar-refractivity contribution < 1.29 is 9.53 Å². The molecule has 0 saturated carbocycles. The summed E-state index contributed by atoms with van der Waals surface area (Å²) in [6.45, 7) is 1.53. The van der Waals surface area contributed by atoms with Gasteiger partial charge in [0, 0.05) is 6.54 Å². The lowest BCUT2D eigenvalue weighted by Gasteiger charge is -2.21. The van der Waals surface area contributed by atoms with E-state index in [0.717, 1.165) is 5.56 Å². The van der Waals surface area contributed by atoms with Crippen LogP contribution in [0.25, 0.3) is 0 Å². The quantitative estimate of drug-likeness (QED) is 0.823. The molecule has 1 aromatic carbocycles. The number of carbonyl (C=O) groups is 1. The maximum absolute atomic E-state index is 11.4. The summed E-state index contributed by atoms with van der Waals surface area (Å²) >= 11 is 5.07. The maximum Gasteiger partial charge on any atom is 0.409 e. The largest absolute Gasteiger partial charge is 0.448 e. The van der Waals surface area contributed by atoms with Gasteiger partial charge < -0.3 is 15.4 Å². The fourth-order valence-electron chi connectivity index (χ4n) is 1.86. The lowest BCUT2D eigenvalue weighted by molar-refractivity contribution is 0.158. The van der Waals surface area contributed by atoms with Crippen molar-refractivity contribution in [1.82, 2.24) is 4.90 Å². The highest BCUT2D eigenvalue weighted by atomic mass is 32.1. The van der Waals surface area contributed by atoms with E-state index in [1.165, 1.54) is 0 Å². The van der Waals surface area contributed by atoms with Crippen LogP contribution in [-0.2, 0) is 4.74 Å². The zero-order valence-corrected chi connectivity index (χ0v) is 10.2. The smallest absolute Gasteiger partial charge is 0.409 e. The molecular formula is C12H14N2O2S. The molecule has 1 fully saturated rings. The number of ether oxygens (including phenoxy) is 1. The molecule has 17 heavy (non-hydrogen) atoms. The van der Waals surface area contributed by atoms with Crippen molar-refractivity contribution in [1.29, 1.82) is 0 Å². The van der Waals surface area contributed by atoms with E-state index in [1.54, 1.807) is 4.90 Å². The van der Waals surface area contributed by atoms with Gasteiger partial charge in [0.2, 0.25) is 0 Å². The first-order valence-corrected chi connectivity index (χ1v) is 5.85. The summed E-state index contributed by atoms with van der Waals surface area (Å²) in [6.07, 6.45) is -0.290. The van der Waals surface area contributed by atoms with E-state index in [-0.39, 0.29) is 12.0 Å². The van der Waals surface area contributed by atoms with E-state index in [9.17, 15) is 4.79 Å². The number of thiocarbonyl (C=S) groups is 1. The zero-order chi connectivity index (χ0) is 12.3. The molecule has 2 N–H and O–H groups in total. The van der Waals surface area contributed by atoms with Crippen LogP contribution in [0.5, 0.6) is 0 Å². The molecule has 2 rings (SSSR count). The number of nitrogens with two attached hydrogens (primary N) is 1. The molecule has 1 atom stereocenters. The van der Waals surface area contributed by atoms with Gasteiger partial charge in [-0.15, -0.1) is 0 Å². The molecule has 0 spiro atoms. The molecule has 1 unspecified atom stereocenters. The van der Waals surface area contributed by atoms with E-state index in [4.69, 9.17) is 22.7 Å². The van der Waals surface area contributed by atoms with Crippen molar-refractivity contribution in [2.24, 2.45) is 5.73 Å². The summed E-state index contributed by atoms with van der Waals surface area (Å²) in [4.78, 5) is 13.4. The molecule has 90 valence electrons. The normalized spacial score (nSPS) is 16.7. The molecule has 5 heteroatoms. The maximum atomic E-state index is 11.4. The van der Waals surface area contributed by atoms with Crippen LogP contribution in [0.15, 0.2) is 30.3 Å². The zero-order valence-electron chi connectivity index (χ0n) is 9.33. The summed E-state index contributed by atoms with van der Waals surface area (Å²) in [5.74, 6) is -0.114. The molecule has 1 aliphatic heterocycles. The van der Waals surface area contributed by atoms with Gasteiger partial charge in [0.25, 0.3) is 0 Å². The highest BCUT2D eigenvalue weighted by molar-refractivity contribution is 7.80. The molecule has 4 nitrogen and oxygen atoms in total. The Hall–Kier alpha value is -1.62. The summed E-state index contributed by atoms with van der Waals surface area (Å²) in [5.41, 5.74) is 6.77. The third-order valence-corrected chi connectivity index (χ3v) is 3.08. The molecule has 0 bridgehead atoms. The first-order chi connectivity index (χ1) is 8.18. The number of cyclic esters (lactones) is 1. The third kappa shape index (κ3) is 2.74. The van der Waals surface area contributed by atoms with Gasteiger partial charge in [0.15, 0.2) is 0 Å². The topological polar surface area (TPSA) is 55.6 Å². The highest BCUT2D eigenvalue weighted by Crippen LogP contribution is 2.19. The van der Waals surface area contributed by atoms with Gasteiger partial charge in [-0.3, -0.25) is 0 Å². The Labute approximate surface area is 105 Å². The Morgan fingerprint density at radius 2 is 2.18 bits per heavy atom. The predicted molar refractivity (Wildman–Crippen MR) is 68.9 cm³/mol. The van der Waals surface area contributed by atoms with Crippen LogP contribution in [0.4, 0.5) is 4.79 Å². The van der Waals surface area contributed by atoms with Crippen molar-refractivity contribution in [3.05, 3.63) is 35.9 Å². The number of hydrogen-bond acceptors (Lipinski definition) is 3. The fourth-order valence-corrected chi connectivity index (χ4v) is 2.07. The molecule has 1 heterocycles. The number of rotatable bonds is 4. The molecule has 1 aliphatic rings. The average Bonchev–Trinajstić information content (AvgIpc) is 2.72. The van der Waals surface area contributed by atoms with Crippen LogP contribution < -0.4 is 5.73 Å². The van der Waals surface area contributed by atoms with Gasteiger partial charge in [-0.2, -0.15) is 0 Å². The van der Waals surface area contributed by atoms with E-state index in [1.807, 2.05) is 30.3 Å². The molecule has 0 radical (unpaired) electrons. The van der Waals surface area contributed by atoms with E-state index >= 15 is 0 Å².